The van der Waals surface area contributed by atoms with Gasteiger partial charge in [-0.05, 0) is 47.9 Å². The summed E-state index contributed by atoms with van der Waals surface area (Å²) in [5.41, 5.74) is 4.36. The molecule has 3 aromatic rings. The largest absolute Gasteiger partial charge is 0.456 e. The summed E-state index contributed by atoms with van der Waals surface area (Å²) in [6.07, 6.45) is 9.70. The van der Waals surface area contributed by atoms with Crippen molar-refractivity contribution in [1.29, 1.82) is 0 Å². The van der Waals surface area contributed by atoms with Crippen LogP contribution < -0.4 is 0 Å². The highest BCUT2D eigenvalue weighted by Crippen LogP contribution is 2.34. The lowest BCUT2D eigenvalue weighted by Crippen LogP contribution is -1.79. The molecule has 0 fully saturated rings. The first-order valence-electron chi connectivity index (χ1n) is 6.30. The maximum atomic E-state index is 5.94. The van der Waals surface area contributed by atoms with Crippen LogP contribution >= 0.6 is 15.9 Å². The number of allylic oxidation sites excluding steroid dienone is 2. The van der Waals surface area contributed by atoms with Crippen LogP contribution in [0.25, 0.3) is 34.1 Å². The lowest BCUT2D eigenvalue weighted by atomic mass is 10.0. The topological polar surface area (TPSA) is 13.1 Å². The van der Waals surface area contributed by atoms with E-state index in [9.17, 15) is 0 Å². The van der Waals surface area contributed by atoms with Crippen molar-refractivity contribution in [3.63, 3.8) is 0 Å². The molecule has 4 rings (SSSR count). The van der Waals surface area contributed by atoms with Gasteiger partial charge < -0.3 is 4.42 Å². The average Bonchev–Trinajstić information content (AvgIpc) is 2.59. The molecular weight excluding hydrogens is 300 g/mol. The minimum absolute atomic E-state index is 0.936. The highest BCUT2D eigenvalue weighted by atomic mass is 79.9. The molecule has 92 valence electrons. The summed E-state index contributed by atoms with van der Waals surface area (Å²) in [6, 6.07) is 10.5. The van der Waals surface area contributed by atoms with Crippen molar-refractivity contribution in [3.05, 3.63) is 58.1 Å². The van der Waals surface area contributed by atoms with Gasteiger partial charge >= 0.3 is 0 Å². The van der Waals surface area contributed by atoms with E-state index in [-0.39, 0.29) is 0 Å². The fourth-order valence-corrected chi connectivity index (χ4v) is 2.95. The van der Waals surface area contributed by atoms with Crippen molar-refractivity contribution in [2.45, 2.75) is 6.42 Å². The number of rotatable bonds is 0. The summed E-state index contributed by atoms with van der Waals surface area (Å²) in [4.78, 5) is 0. The van der Waals surface area contributed by atoms with Gasteiger partial charge in [-0.15, -0.1) is 0 Å². The molecule has 0 N–H and O–H groups in total. The molecule has 0 unspecified atom stereocenters. The van der Waals surface area contributed by atoms with E-state index >= 15 is 0 Å². The van der Waals surface area contributed by atoms with E-state index in [0.717, 1.165) is 27.4 Å². The minimum Gasteiger partial charge on any atom is -0.456 e. The smallest absolute Gasteiger partial charge is 0.136 e. The Kier molecular flexibility index (Phi) is 2.39. The van der Waals surface area contributed by atoms with Gasteiger partial charge in [-0.1, -0.05) is 40.2 Å². The predicted molar refractivity (Wildman–Crippen MR) is 84.1 cm³/mol. The molecule has 1 aliphatic rings. The van der Waals surface area contributed by atoms with Crippen LogP contribution in [0.5, 0.6) is 0 Å². The Balaban J connectivity index is 2.13. The zero-order valence-corrected chi connectivity index (χ0v) is 11.8. The van der Waals surface area contributed by atoms with Crippen molar-refractivity contribution in [1.82, 2.24) is 0 Å². The van der Waals surface area contributed by atoms with Gasteiger partial charge in [-0.25, -0.2) is 0 Å². The number of hydrogen-bond acceptors (Lipinski definition) is 1. The van der Waals surface area contributed by atoms with Crippen LogP contribution in [0.2, 0.25) is 0 Å². The Morgan fingerprint density at radius 1 is 0.842 bits per heavy atom. The van der Waals surface area contributed by atoms with Crippen LogP contribution in [0, 0.1) is 0 Å². The zero-order chi connectivity index (χ0) is 12.8. The third-order valence-corrected chi connectivity index (χ3v) is 4.00. The monoisotopic (exact) mass is 310 g/mol. The molecule has 0 radical (unpaired) electrons. The summed E-state index contributed by atoms with van der Waals surface area (Å²) >= 11 is 3.52. The Bertz CT molecular complexity index is 852. The summed E-state index contributed by atoms with van der Waals surface area (Å²) in [5, 5.41) is 2.34. The van der Waals surface area contributed by atoms with Crippen molar-refractivity contribution < 1.29 is 4.42 Å². The zero-order valence-electron chi connectivity index (χ0n) is 10.2. The van der Waals surface area contributed by atoms with Gasteiger partial charge in [0.15, 0.2) is 0 Å². The Morgan fingerprint density at radius 3 is 2.42 bits per heavy atom. The van der Waals surface area contributed by atoms with Crippen molar-refractivity contribution in [2.75, 3.05) is 0 Å². The van der Waals surface area contributed by atoms with Gasteiger partial charge in [0.05, 0.1) is 0 Å². The molecule has 0 atom stereocenters. The third-order valence-electron chi connectivity index (χ3n) is 3.50. The van der Waals surface area contributed by atoms with Crippen LogP contribution in [-0.4, -0.2) is 0 Å². The number of halogens is 1. The standard InChI is InChI=1S/C17H11BrO/c18-13-6-7-16-15(10-13)14-8-11-4-2-1-3-5-12(11)9-17(14)19-16/h2-10H,1H2. The van der Waals surface area contributed by atoms with Crippen LogP contribution in [0.4, 0.5) is 0 Å². The molecule has 1 aromatic heterocycles. The first kappa shape index (κ1) is 11.1. The van der Waals surface area contributed by atoms with Crippen LogP contribution in [0.1, 0.15) is 17.5 Å². The number of furan rings is 1. The van der Waals surface area contributed by atoms with Crippen LogP contribution in [0.3, 0.4) is 0 Å². The second-order valence-corrected chi connectivity index (χ2v) is 5.68. The molecule has 2 heteroatoms. The molecule has 0 saturated heterocycles. The molecule has 1 aliphatic carbocycles. The Hall–Kier alpha value is -1.80. The van der Waals surface area contributed by atoms with Crippen molar-refractivity contribution in [2.24, 2.45) is 0 Å². The third kappa shape index (κ3) is 1.75. The van der Waals surface area contributed by atoms with E-state index in [1.54, 1.807) is 0 Å². The van der Waals surface area contributed by atoms with Gasteiger partial charge in [-0.2, -0.15) is 0 Å². The maximum absolute atomic E-state index is 5.94. The number of fused-ring (bicyclic) bond motifs is 4. The molecule has 0 bridgehead atoms. The second-order valence-electron chi connectivity index (χ2n) is 4.76. The molecule has 0 saturated carbocycles. The van der Waals surface area contributed by atoms with E-state index in [2.05, 4.69) is 58.4 Å². The number of hydrogen-bond donors (Lipinski definition) is 0. The van der Waals surface area contributed by atoms with E-state index in [4.69, 9.17) is 4.42 Å². The Labute approximate surface area is 119 Å². The summed E-state index contributed by atoms with van der Waals surface area (Å²) < 4.78 is 7.01. The molecule has 0 amide bonds. The van der Waals surface area contributed by atoms with Crippen LogP contribution in [-0.2, 0) is 0 Å². The molecule has 19 heavy (non-hydrogen) atoms. The van der Waals surface area contributed by atoms with Gasteiger partial charge in [-0.3, -0.25) is 0 Å². The quantitative estimate of drug-likeness (QED) is 0.513. The van der Waals surface area contributed by atoms with Crippen LogP contribution in [0.15, 0.2) is 51.4 Å². The van der Waals surface area contributed by atoms with E-state index < -0.39 is 0 Å². The molecule has 1 nitrogen and oxygen atoms in total. The highest BCUT2D eigenvalue weighted by Gasteiger charge is 2.10. The maximum Gasteiger partial charge on any atom is 0.136 e. The summed E-state index contributed by atoms with van der Waals surface area (Å²) in [6.45, 7) is 0. The van der Waals surface area contributed by atoms with Crippen molar-refractivity contribution in [3.8, 4) is 0 Å². The Morgan fingerprint density at radius 2 is 1.58 bits per heavy atom. The molecule has 0 aliphatic heterocycles. The fourth-order valence-electron chi connectivity index (χ4n) is 2.58. The second kappa shape index (κ2) is 4.10. The molecular formula is C17H11BrO. The lowest BCUT2D eigenvalue weighted by Gasteiger charge is -2.00. The molecule has 1 heterocycles. The van der Waals surface area contributed by atoms with Gasteiger partial charge in [0, 0.05) is 15.2 Å². The first-order valence-corrected chi connectivity index (χ1v) is 7.09. The predicted octanol–water partition coefficient (Wildman–Crippen LogP) is 5.78. The van der Waals surface area contributed by atoms with E-state index in [1.165, 1.54) is 16.5 Å². The molecule has 0 spiro atoms. The highest BCUT2D eigenvalue weighted by molar-refractivity contribution is 9.10. The lowest BCUT2D eigenvalue weighted by molar-refractivity contribution is 0.669. The van der Waals surface area contributed by atoms with Gasteiger partial charge in [0.1, 0.15) is 11.2 Å². The number of benzene rings is 2. The average molecular weight is 311 g/mol. The van der Waals surface area contributed by atoms with Gasteiger partial charge in [0.25, 0.3) is 0 Å². The van der Waals surface area contributed by atoms with E-state index in [1.807, 2.05) is 12.1 Å². The molecule has 2 aromatic carbocycles. The summed E-state index contributed by atoms with van der Waals surface area (Å²) in [5.74, 6) is 0. The minimum atomic E-state index is 0.936. The fraction of sp³-hybridized carbons (Fsp3) is 0.0588. The van der Waals surface area contributed by atoms with Crippen molar-refractivity contribution >= 4 is 50.0 Å². The SMILES string of the molecule is Brc1ccc2oc3cc4c(cc3c2c1)C=CCC=C4. The normalized spacial score (nSPS) is 13.9. The van der Waals surface area contributed by atoms with E-state index in [0.29, 0.717) is 0 Å². The van der Waals surface area contributed by atoms with Gasteiger partial charge in [0.2, 0.25) is 0 Å². The summed E-state index contributed by atoms with van der Waals surface area (Å²) in [7, 11) is 0. The first-order chi connectivity index (χ1) is 9.31.